The van der Waals surface area contributed by atoms with E-state index in [1.165, 1.54) is 25.1 Å². The Morgan fingerprint density at radius 1 is 1.45 bits per heavy atom. The highest BCUT2D eigenvalue weighted by atomic mass is 16.5. The maximum Gasteiger partial charge on any atom is 0.121 e. The van der Waals surface area contributed by atoms with Crippen LogP contribution in [0.1, 0.15) is 40.0 Å². The van der Waals surface area contributed by atoms with Gasteiger partial charge in [0, 0.05) is 30.4 Å². The van der Waals surface area contributed by atoms with Crippen molar-refractivity contribution in [1.82, 2.24) is 4.90 Å². The molecule has 3 heteroatoms. The summed E-state index contributed by atoms with van der Waals surface area (Å²) in [6, 6.07) is 9.58. The van der Waals surface area contributed by atoms with Gasteiger partial charge in [0.2, 0.25) is 0 Å². The van der Waals surface area contributed by atoms with Gasteiger partial charge in [-0.3, -0.25) is 0 Å². The number of hydrogen-bond acceptors (Lipinski definition) is 3. The molecule has 20 heavy (non-hydrogen) atoms. The van der Waals surface area contributed by atoms with E-state index in [4.69, 9.17) is 4.74 Å². The van der Waals surface area contributed by atoms with Crippen LogP contribution in [-0.4, -0.2) is 36.7 Å². The second-order valence-corrected chi connectivity index (χ2v) is 6.06. The van der Waals surface area contributed by atoms with Gasteiger partial charge in [-0.25, -0.2) is 0 Å². The van der Waals surface area contributed by atoms with Crippen LogP contribution in [-0.2, 0) is 0 Å². The zero-order valence-corrected chi connectivity index (χ0v) is 13.2. The van der Waals surface area contributed by atoms with Crippen molar-refractivity contribution in [2.45, 2.75) is 58.2 Å². The molecule has 3 unspecified atom stereocenters. The topological polar surface area (TPSA) is 24.5 Å². The number of likely N-dealkylation sites (tertiary alicyclic amines) is 1. The first-order valence-corrected chi connectivity index (χ1v) is 7.82. The average Bonchev–Trinajstić information content (AvgIpc) is 2.43. The molecule has 2 rings (SSSR count). The van der Waals surface area contributed by atoms with E-state index in [-0.39, 0.29) is 6.10 Å². The van der Waals surface area contributed by atoms with Gasteiger partial charge in [0.05, 0.1) is 6.10 Å². The van der Waals surface area contributed by atoms with Crippen LogP contribution in [0.5, 0.6) is 5.75 Å². The fraction of sp³-hybridized carbons (Fsp3) is 0.647. The Bertz CT molecular complexity index is 421. The van der Waals surface area contributed by atoms with Gasteiger partial charge in [0.15, 0.2) is 0 Å². The summed E-state index contributed by atoms with van der Waals surface area (Å²) < 4.78 is 5.88. The van der Waals surface area contributed by atoms with E-state index >= 15 is 0 Å². The molecule has 3 atom stereocenters. The second kappa shape index (κ2) is 6.98. The first-order chi connectivity index (χ1) is 9.58. The SMILES string of the molecule is CCC(C)Oc1cccc(NC2CCN(C)C(C)C2)c1. The molecule has 0 radical (unpaired) electrons. The highest BCUT2D eigenvalue weighted by molar-refractivity contribution is 5.49. The predicted octanol–water partition coefficient (Wildman–Crippen LogP) is 3.76. The van der Waals surface area contributed by atoms with Crippen molar-refractivity contribution in [2.24, 2.45) is 0 Å². The lowest BCUT2D eigenvalue weighted by molar-refractivity contribution is 0.190. The van der Waals surface area contributed by atoms with E-state index in [1.807, 2.05) is 6.07 Å². The Balaban J connectivity index is 1.94. The molecule has 1 aromatic rings. The summed E-state index contributed by atoms with van der Waals surface area (Å²) in [5.74, 6) is 0.963. The Labute approximate surface area is 123 Å². The third kappa shape index (κ3) is 4.14. The van der Waals surface area contributed by atoms with Gasteiger partial charge < -0.3 is 15.0 Å². The van der Waals surface area contributed by atoms with Crippen LogP contribution in [0.4, 0.5) is 5.69 Å². The van der Waals surface area contributed by atoms with E-state index in [0.29, 0.717) is 12.1 Å². The number of anilines is 1. The molecule has 0 spiro atoms. The third-order valence-corrected chi connectivity index (χ3v) is 4.33. The minimum atomic E-state index is 0.272. The van der Waals surface area contributed by atoms with Crippen molar-refractivity contribution in [3.8, 4) is 5.75 Å². The standard InChI is InChI=1S/C17H28N2O/c1-5-14(3)20-17-8-6-7-15(12-17)18-16-9-10-19(4)13(2)11-16/h6-8,12-14,16,18H,5,9-11H2,1-4H3. The molecule has 1 heterocycles. The molecule has 3 nitrogen and oxygen atoms in total. The quantitative estimate of drug-likeness (QED) is 0.886. The average molecular weight is 276 g/mol. The summed E-state index contributed by atoms with van der Waals surface area (Å²) in [6.07, 6.45) is 3.71. The van der Waals surface area contributed by atoms with E-state index in [1.54, 1.807) is 0 Å². The van der Waals surface area contributed by atoms with Gasteiger partial charge in [0.25, 0.3) is 0 Å². The van der Waals surface area contributed by atoms with Crippen LogP contribution < -0.4 is 10.1 Å². The zero-order chi connectivity index (χ0) is 14.5. The Hall–Kier alpha value is -1.22. The van der Waals surface area contributed by atoms with Crippen LogP contribution in [0, 0.1) is 0 Å². The van der Waals surface area contributed by atoms with Crippen LogP contribution >= 0.6 is 0 Å². The van der Waals surface area contributed by atoms with Gasteiger partial charge in [-0.05, 0) is 52.3 Å². The highest BCUT2D eigenvalue weighted by Crippen LogP contribution is 2.23. The van der Waals surface area contributed by atoms with Gasteiger partial charge in [0.1, 0.15) is 5.75 Å². The van der Waals surface area contributed by atoms with Crippen molar-refractivity contribution >= 4 is 5.69 Å². The fourth-order valence-electron chi connectivity index (χ4n) is 2.63. The number of benzene rings is 1. The summed E-state index contributed by atoms with van der Waals surface area (Å²) in [5, 5.41) is 3.66. The molecule has 0 amide bonds. The first-order valence-electron chi connectivity index (χ1n) is 7.82. The second-order valence-electron chi connectivity index (χ2n) is 6.06. The summed E-state index contributed by atoms with van der Waals surface area (Å²) in [6.45, 7) is 7.73. The molecule has 0 aliphatic carbocycles. The molecule has 1 fully saturated rings. The van der Waals surface area contributed by atoms with Crippen LogP contribution in [0.3, 0.4) is 0 Å². The maximum absolute atomic E-state index is 5.88. The van der Waals surface area contributed by atoms with Crippen molar-refractivity contribution in [1.29, 1.82) is 0 Å². The molecule has 1 N–H and O–H groups in total. The maximum atomic E-state index is 5.88. The number of rotatable bonds is 5. The van der Waals surface area contributed by atoms with E-state index in [0.717, 1.165) is 12.2 Å². The number of ether oxygens (including phenoxy) is 1. The van der Waals surface area contributed by atoms with Gasteiger partial charge in [-0.15, -0.1) is 0 Å². The monoisotopic (exact) mass is 276 g/mol. The normalized spacial score (nSPS) is 25.2. The number of nitrogens with one attached hydrogen (secondary N) is 1. The number of hydrogen-bond donors (Lipinski definition) is 1. The summed E-state index contributed by atoms with van der Waals surface area (Å²) in [5.41, 5.74) is 1.17. The molecule has 112 valence electrons. The van der Waals surface area contributed by atoms with Crippen molar-refractivity contribution in [3.05, 3.63) is 24.3 Å². The minimum absolute atomic E-state index is 0.272. The van der Waals surface area contributed by atoms with Crippen molar-refractivity contribution in [2.75, 3.05) is 18.9 Å². The lowest BCUT2D eigenvalue weighted by atomic mass is 9.98. The van der Waals surface area contributed by atoms with Crippen molar-refractivity contribution < 1.29 is 4.74 Å². The highest BCUT2D eigenvalue weighted by Gasteiger charge is 2.22. The summed E-state index contributed by atoms with van der Waals surface area (Å²) >= 11 is 0. The number of nitrogens with zero attached hydrogens (tertiary/aromatic N) is 1. The molecule has 1 aliphatic heterocycles. The number of piperidine rings is 1. The summed E-state index contributed by atoms with van der Waals surface area (Å²) in [7, 11) is 2.21. The van der Waals surface area contributed by atoms with Gasteiger partial charge in [-0.2, -0.15) is 0 Å². The molecular weight excluding hydrogens is 248 g/mol. The molecule has 1 aliphatic rings. The molecule has 0 aromatic heterocycles. The van der Waals surface area contributed by atoms with E-state index < -0.39 is 0 Å². The van der Waals surface area contributed by atoms with Gasteiger partial charge in [-0.1, -0.05) is 13.0 Å². The van der Waals surface area contributed by atoms with Crippen LogP contribution in [0.25, 0.3) is 0 Å². The fourth-order valence-corrected chi connectivity index (χ4v) is 2.63. The van der Waals surface area contributed by atoms with E-state index in [2.05, 4.69) is 56.2 Å². The smallest absolute Gasteiger partial charge is 0.121 e. The van der Waals surface area contributed by atoms with Crippen LogP contribution in [0.2, 0.25) is 0 Å². The molecule has 1 aromatic carbocycles. The Morgan fingerprint density at radius 3 is 2.95 bits per heavy atom. The zero-order valence-electron chi connectivity index (χ0n) is 13.2. The lowest BCUT2D eigenvalue weighted by Gasteiger charge is -2.35. The predicted molar refractivity (Wildman–Crippen MR) is 85.6 cm³/mol. The Morgan fingerprint density at radius 2 is 2.25 bits per heavy atom. The third-order valence-electron chi connectivity index (χ3n) is 4.33. The largest absolute Gasteiger partial charge is 0.491 e. The lowest BCUT2D eigenvalue weighted by Crippen LogP contribution is -2.42. The minimum Gasteiger partial charge on any atom is -0.491 e. The molecular formula is C17H28N2O. The molecule has 0 bridgehead atoms. The van der Waals surface area contributed by atoms with Crippen LogP contribution in [0.15, 0.2) is 24.3 Å². The van der Waals surface area contributed by atoms with E-state index in [9.17, 15) is 0 Å². The summed E-state index contributed by atoms with van der Waals surface area (Å²) in [4.78, 5) is 2.43. The van der Waals surface area contributed by atoms with Gasteiger partial charge >= 0.3 is 0 Å². The Kier molecular flexibility index (Phi) is 5.30. The molecule has 1 saturated heterocycles. The van der Waals surface area contributed by atoms with Crippen molar-refractivity contribution in [3.63, 3.8) is 0 Å². The first kappa shape index (κ1) is 15.2. The molecule has 0 saturated carbocycles.